The first-order valence-electron chi connectivity index (χ1n) is 3.56. The smallest absolute Gasteiger partial charge is 0.407 e. The molecule has 0 amide bonds. The molecular weight excluding hydrogens is 289 g/mol. The van der Waals surface area contributed by atoms with Crippen molar-refractivity contribution < 1.29 is 36.2 Å². The molecule has 0 spiro atoms. The van der Waals surface area contributed by atoms with E-state index < -0.39 is 34.0 Å². The number of carboxylic acids is 1. The fourth-order valence-corrected chi connectivity index (χ4v) is 2.66. The minimum atomic E-state index is -5.89. The highest BCUT2D eigenvalue weighted by Gasteiger charge is 2.99. The van der Waals surface area contributed by atoms with E-state index >= 15 is 0 Å². The second kappa shape index (κ2) is 3.10. The zero-order valence-electron chi connectivity index (χ0n) is 6.96. The molecule has 1 saturated carbocycles. The number of halogens is 8. The summed E-state index contributed by atoms with van der Waals surface area (Å²) in [5, 5.41) is 8.28. The largest absolute Gasteiger partial charge is 0.481 e. The third-order valence-electron chi connectivity index (χ3n) is 2.38. The lowest BCUT2D eigenvalue weighted by Crippen LogP contribution is -2.44. The zero-order chi connectivity index (χ0) is 13.2. The average Bonchev–Trinajstić information content (AvgIpc) is 2.45. The van der Waals surface area contributed by atoms with Gasteiger partial charge >= 0.3 is 18.3 Å². The summed E-state index contributed by atoms with van der Waals surface area (Å²) in [7, 11) is 0. The van der Waals surface area contributed by atoms with E-state index in [1.807, 2.05) is 0 Å². The van der Waals surface area contributed by atoms with E-state index in [1.54, 1.807) is 0 Å². The van der Waals surface area contributed by atoms with Crippen LogP contribution in [0.2, 0.25) is 0 Å². The Bertz CT molecular complexity index is 319. The molecule has 0 aliphatic heterocycles. The molecule has 16 heavy (non-hydrogen) atoms. The van der Waals surface area contributed by atoms with Gasteiger partial charge in [0.15, 0.2) is 4.33 Å². The van der Waals surface area contributed by atoms with Gasteiger partial charge in [-0.25, -0.2) is 0 Å². The van der Waals surface area contributed by atoms with Gasteiger partial charge in [0.05, 0.1) is 0 Å². The first-order valence-corrected chi connectivity index (χ1v) is 4.31. The van der Waals surface area contributed by atoms with Crippen LogP contribution < -0.4 is 0 Å². The summed E-state index contributed by atoms with van der Waals surface area (Å²) in [6.45, 7) is 0. The van der Waals surface area contributed by atoms with Gasteiger partial charge in [0.1, 0.15) is 5.92 Å². The van der Waals surface area contributed by atoms with Crippen LogP contribution in [0.3, 0.4) is 0 Å². The van der Waals surface area contributed by atoms with E-state index in [1.165, 1.54) is 0 Å². The highest BCUT2D eigenvalue weighted by molar-refractivity contribution is 6.53. The molecule has 1 atom stereocenters. The van der Waals surface area contributed by atoms with Gasteiger partial charge in [0.25, 0.3) is 0 Å². The molecule has 1 unspecified atom stereocenters. The Morgan fingerprint density at radius 3 is 1.44 bits per heavy atom. The second-order valence-corrected chi connectivity index (χ2v) is 4.58. The van der Waals surface area contributed by atoms with Crippen LogP contribution in [0.4, 0.5) is 26.3 Å². The van der Waals surface area contributed by atoms with Gasteiger partial charge in [-0.1, -0.05) is 23.2 Å². The zero-order valence-corrected chi connectivity index (χ0v) is 8.47. The highest BCUT2D eigenvalue weighted by atomic mass is 35.5. The van der Waals surface area contributed by atoms with Crippen LogP contribution in [-0.2, 0) is 4.79 Å². The van der Waals surface area contributed by atoms with E-state index in [0.717, 1.165) is 0 Å². The maximum absolute atomic E-state index is 12.3. The summed E-state index contributed by atoms with van der Waals surface area (Å²) in [6.07, 6.45) is -11.8. The van der Waals surface area contributed by atoms with Gasteiger partial charge in [0, 0.05) is 0 Å². The Kier molecular flexibility index (Phi) is 2.65. The number of carbonyl (C=O) groups is 1. The standard InChI is InChI=1S/C6H2Cl2F6O2/c7-4(8)1(2(15)16)3(4,5(9,10)11)6(12,13)14/h1H,(H,15,16). The molecule has 1 N–H and O–H groups in total. The number of hydrogen-bond acceptors (Lipinski definition) is 1. The topological polar surface area (TPSA) is 37.3 Å². The molecule has 1 aliphatic carbocycles. The van der Waals surface area contributed by atoms with Crippen LogP contribution in [-0.4, -0.2) is 27.8 Å². The maximum atomic E-state index is 12.3. The lowest BCUT2D eigenvalue weighted by Gasteiger charge is -2.24. The average molecular weight is 291 g/mol. The molecule has 1 fully saturated rings. The Hall–Kier alpha value is -0.370. The molecule has 94 valence electrons. The van der Waals surface area contributed by atoms with E-state index in [-0.39, 0.29) is 0 Å². The summed E-state index contributed by atoms with van der Waals surface area (Å²) < 4.78 is 70.6. The Balaban J connectivity index is 3.38. The van der Waals surface area contributed by atoms with E-state index in [0.29, 0.717) is 0 Å². The van der Waals surface area contributed by atoms with Crippen molar-refractivity contribution in [2.24, 2.45) is 11.3 Å². The number of aliphatic carboxylic acids is 1. The molecule has 0 aromatic heterocycles. The highest BCUT2D eigenvalue weighted by Crippen LogP contribution is 2.80. The summed E-state index contributed by atoms with van der Waals surface area (Å²) >= 11 is 9.68. The van der Waals surface area contributed by atoms with Crippen LogP contribution in [0, 0.1) is 11.3 Å². The Labute approximate surface area is 94.1 Å². The SMILES string of the molecule is O=C(O)C1C(Cl)(Cl)C1(C(F)(F)F)C(F)(F)F. The predicted octanol–water partition coefficient (Wildman–Crippen LogP) is 2.99. The van der Waals surface area contributed by atoms with Crippen LogP contribution in [0.15, 0.2) is 0 Å². The minimum Gasteiger partial charge on any atom is -0.481 e. The van der Waals surface area contributed by atoms with Crippen LogP contribution >= 0.6 is 23.2 Å². The van der Waals surface area contributed by atoms with Gasteiger partial charge in [0.2, 0.25) is 5.41 Å². The maximum Gasteiger partial charge on any atom is 0.407 e. The van der Waals surface area contributed by atoms with Crippen molar-refractivity contribution in [2.75, 3.05) is 0 Å². The number of hydrogen-bond donors (Lipinski definition) is 1. The van der Waals surface area contributed by atoms with Gasteiger partial charge in [-0.2, -0.15) is 26.3 Å². The molecule has 10 heteroatoms. The quantitative estimate of drug-likeness (QED) is 0.595. The third-order valence-corrected chi connectivity index (χ3v) is 3.41. The van der Waals surface area contributed by atoms with Gasteiger partial charge in [-0.05, 0) is 0 Å². The van der Waals surface area contributed by atoms with Crippen molar-refractivity contribution in [1.29, 1.82) is 0 Å². The number of rotatable bonds is 1. The third kappa shape index (κ3) is 1.32. The van der Waals surface area contributed by atoms with Gasteiger partial charge in [-0.3, -0.25) is 4.79 Å². The van der Waals surface area contributed by atoms with Crippen molar-refractivity contribution in [2.45, 2.75) is 16.7 Å². The Morgan fingerprint density at radius 1 is 1.06 bits per heavy atom. The Morgan fingerprint density at radius 2 is 1.38 bits per heavy atom. The van der Waals surface area contributed by atoms with Crippen molar-refractivity contribution in [3.8, 4) is 0 Å². The molecule has 0 saturated heterocycles. The molecule has 2 nitrogen and oxygen atoms in total. The summed E-state index contributed by atoms with van der Waals surface area (Å²) in [6, 6.07) is 0. The number of carboxylic acid groups (broad SMARTS) is 1. The van der Waals surface area contributed by atoms with Gasteiger partial charge in [-0.15, -0.1) is 0 Å². The first-order chi connectivity index (χ1) is 6.82. The van der Waals surface area contributed by atoms with Crippen LogP contribution in [0.5, 0.6) is 0 Å². The monoisotopic (exact) mass is 290 g/mol. The second-order valence-electron chi connectivity index (χ2n) is 3.20. The molecule has 0 bridgehead atoms. The molecule has 0 heterocycles. The summed E-state index contributed by atoms with van der Waals surface area (Å²) in [5.41, 5.74) is -4.61. The van der Waals surface area contributed by atoms with Crippen molar-refractivity contribution in [3.63, 3.8) is 0 Å². The first kappa shape index (κ1) is 13.7. The molecular formula is C6H2Cl2F6O2. The van der Waals surface area contributed by atoms with Crippen molar-refractivity contribution in [1.82, 2.24) is 0 Å². The molecule has 1 rings (SSSR count). The molecule has 0 aromatic carbocycles. The minimum absolute atomic E-state index is 2.35. The van der Waals surface area contributed by atoms with E-state index in [4.69, 9.17) is 28.3 Å². The van der Waals surface area contributed by atoms with Crippen LogP contribution in [0.25, 0.3) is 0 Å². The van der Waals surface area contributed by atoms with Crippen molar-refractivity contribution in [3.05, 3.63) is 0 Å². The van der Waals surface area contributed by atoms with E-state index in [2.05, 4.69) is 0 Å². The van der Waals surface area contributed by atoms with Gasteiger partial charge < -0.3 is 5.11 Å². The van der Waals surface area contributed by atoms with Crippen LogP contribution in [0.1, 0.15) is 0 Å². The lowest BCUT2D eigenvalue weighted by atomic mass is 10.0. The van der Waals surface area contributed by atoms with E-state index in [9.17, 15) is 31.1 Å². The summed E-state index contributed by atoms with van der Waals surface area (Å²) in [4.78, 5) is 10.3. The van der Waals surface area contributed by atoms with Crippen molar-refractivity contribution >= 4 is 29.2 Å². The fourth-order valence-electron chi connectivity index (χ4n) is 1.61. The predicted molar refractivity (Wildman–Crippen MR) is 40.1 cm³/mol. The number of alkyl halides is 8. The molecule has 0 aromatic rings. The molecule has 1 aliphatic rings. The normalized spacial score (nSPS) is 27.6. The lowest BCUT2D eigenvalue weighted by molar-refractivity contribution is -0.306. The molecule has 0 radical (unpaired) electrons. The summed E-state index contributed by atoms with van der Waals surface area (Å²) in [5.74, 6) is -5.30. The fraction of sp³-hybridized carbons (Fsp3) is 0.833.